The average Bonchev–Trinajstić information content (AvgIpc) is 3.11. The molecule has 0 aliphatic heterocycles. The summed E-state index contributed by atoms with van der Waals surface area (Å²) in [7, 11) is 0. The van der Waals surface area contributed by atoms with Crippen LogP contribution >= 0.6 is 11.3 Å². The quantitative estimate of drug-likeness (QED) is 0.675. The molecule has 27 heavy (non-hydrogen) atoms. The molecule has 0 aliphatic carbocycles. The summed E-state index contributed by atoms with van der Waals surface area (Å²) in [5, 5.41) is 18.2. The molecule has 8 heteroatoms. The van der Waals surface area contributed by atoms with Gasteiger partial charge >= 0.3 is 5.97 Å². The van der Waals surface area contributed by atoms with E-state index >= 15 is 0 Å². The van der Waals surface area contributed by atoms with Crippen LogP contribution in [0.25, 0.3) is 0 Å². The predicted molar refractivity (Wildman–Crippen MR) is 104 cm³/mol. The van der Waals surface area contributed by atoms with E-state index < -0.39 is 29.3 Å². The maximum atomic E-state index is 12.8. The number of aliphatic carboxylic acids is 1. The lowest BCUT2D eigenvalue weighted by Gasteiger charge is -2.31. The van der Waals surface area contributed by atoms with Crippen LogP contribution in [0.3, 0.4) is 0 Å². The lowest BCUT2D eigenvalue weighted by atomic mass is 9.85. The number of carbonyl (C=O) groups is 3. The van der Waals surface area contributed by atoms with Crippen LogP contribution in [-0.4, -0.2) is 33.9 Å². The first-order valence-corrected chi connectivity index (χ1v) is 9.38. The number of pyridine rings is 1. The molecular formula is C19H23N3O4S. The lowest BCUT2D eigenvalue weighted by molar-refractivity contribution is -0.140. The topological polar surface area (TPSA) is 108 Å². The molecule has 0 aliphatic rings. The van der Waals surface area contributed by atoms with Gasteiger partial charge < -0.3 is 15.7 Å². The molecule has 0 bridgehead atoms. The minimum absolute atomic E-state index is 0.342. The van der Waals surface area contributed by atoms with E-state index in [2.05, 4.69) is 15.6 Å². The summed E-state index contributed by atoms with van der Waals surface area (Å²) >= 11 is 1.39. The fraction of sp³-hybridized carbons (Fsp3) is 0.368. The molecule has 2 aromatic rings. The number of nitrogens with zero attached hydrogens (tertiary/aromatic N) is 1. The van der Waals surface area contributed by atoms with Gasteiger partial charge in [0.15, 0.2) is 0 Å². The molecule has 1 unspecified atom stereocenters. The summed E-state index contributed by atoms with van der Waals surface area (Å²) in [4.78, 5) is 40.7. The molecule has 0 spiro atoms. The van der Waals surface area contributed by atoms with Crippen molar-refractivity contribution in [2.24, 2.45) is 5.41 Å². The Bertz CT molecular complexity index is 785. The van der Waals surface area contributed by atoms with Crippen molar-refractivity contribution < 1.29 is 19.5 Å². The van der Waals surface area contributed by atoms with Crippen LogP contribution in [0, 0.1) is 5.41 Å². The number of rotatable bonds is 7. The van der Waals surface area contributed by atoms with Gasteiger partial charge in [0, 0.05) is 18.1 Å². The Labute approximate surface area is 161 Å². The molecule has 144 valence electrons. The molecule has 2 amide bonds. The molecule has 0 radical (unpaired) electrons. The van der Waals surface area contributed by atoms with E-state index in [4.69, 9.17) is 5.11 Å². The smallest absolute Gasteiger partial charge is 0.304 e. The number of anilines is 1. The van der Waals surface area contributed by atoms with E-state index in [1.165, 1.54) is 11.3 Å². The summed E-state index contributed by atoms with van der Waals surface area (Å²) < 4.78 is 0. The highest BCUT2D eigenvalue weighted by Crippen LogP contribution is 2.26. The third-order valence-corrected chi connectivity index (χ3v) is 4.70. The summed E-state index contributed by atoms with van der Waals surface area (Å²) in [5.41, 5.74) is 0.621. The first-order chi connectivity index (χ1) is 12.7. The van der Waals surface area contributed by atoms with Crippen molar-refractivity contribution in [3.8, 4) is 0 Å². The first-order valence-electron chi connectivity index (χ1n) is 8.43. The number of nitrogens with one attached hydrogen (secondary N) is 2. The molecule has 3 N–H and O–H groups in total. The zero-order valence-electron chi connectivity index (χ0n) is 15.4. The summed E-state index contributed by atoms with van der Waals surface area (Å²) in [5.74, 6) is -2.79. The van der Waals surface area contributed by atoms with E-state index in [9.17, 15) is 14.4 Å². The average molecular weight is 389 g/mol. The molecule has 0 saturated carbocycles. The number of amides is 2. The van der Waals surface area contributed by atoms with Crippen LogP contribution in [0.15, 0.2) is 41.4 Å². The standard InChI is InChI=1S/C19H23N3O4S/c1-19(2,3)16(18(26)21-13-4-7-20-8-5-13)22-17(25)14(10-15(23)24)12-6-9-27-11-12/h4-9,11,14,16H,10H2,1-3H3,(H,22,25)(H,23,24)(H,20,21,26)/t14-,16?/m1/s1. The number of thiophene rings is 1. The summed E-state index contributed by atoms with van der Waals surface area (Å²) in [6, 6.07) is 4.19. The highest BCUT2D eigenvalue weighted by Gasteiger charge is 2.35. The van der Waals surface area contributed by atoms with E-state index in [1.54, 1.807) is 41.4 Å². The third kappa shape index (κ3) is 5.89. The van der Waals surface area contributed by atoms with Gasteiger partial charge in [-0.1, -0.05) is 20.8 Å². The molecule has 2 aromatic heterocycles. The third-order valence-electron chi connectivity index (χ3n) is 4.00. The second-order valence-corrected chi connectivity index (χ2v) is 8.02. The normalized spacial score (nSPS) is 13.4. The van der Waals surface area contributed by atoms with Crippen molar-refractivity contribution in [1.29, 1.82) is 0 Å². The summed E-state index contributed by atoms with van der Waals surface area (Å²) in [6.45, 7) is 5.50. The minimum atomic E-state index is -1.07. The van der Waals surface area contributed by atoms with Gasteiger partial charge in [0.05, 0.1) is 12.3 Å². The van der Waals surface area contributed by atoms with Crippen molar-refractivity contribution in [3.05, 3.63) is 46.9 Å². The Hall–Kier alpha value is -2.74. The monoisotopic (exact) mass is 389 g/mol. The van der Waals surface area contributed by atoms with E-state index in [-0.39, 0.29) is 12.3 Å². The van der Waals surface area contributed by atoms with Gasteiger partial charge in [-0.2, -0.15) is 11.3 Å². The van der Waals surface area contributed by atoms with Gasteiger partial charge in [0.2, 0.25) is 11.8 Å². The maximum absolute atomic E-state index is 12.8. The van der Waals surface area contributed by atoms with Crippen LogP contribution in [-0.2, 0) is 14.4 Å². The van der Waals surface area contributed by atoms with Gasteiger partial charge in [-0.15, -0.1) is 0 Å². The zero-order valence-corrected chi connectivity index (χ0v) is 16.2. The number of hydrogen-bond donors (Lipinski definition) is 3. The molecule has 2 rings (SSSR count). The van der Waals surface area contributed by atoms with E-state index in [0.717, 1.165) is 0 Å². The Morgan fingerprint density at radius 3 is 2.33 bits per heavy atom. The predicted octanol–water partition coefficient (Wildman–Crippen LogP) is 2.87. The zero-order chi connectivity index (χ0) is 20.0. The Morgan fingerprint density at radius 2 is 1.81 bits per heavy atom. The number of hydrogen-bond acceptors (Lipinski definition) is 5. The second kappa shape index (κ2) is 8.77. The molecule has 0 aromatic carbocycles. The SMILES string of the molecule is CC(C)(C)C(NC(=O)[C@H](CC(=O)O)c1ccsc1)C(=O)Nc1ccncc1. The largest absolute Gasteiger partial charge is 0.481 e. The Morgan fingerprint density at radius 1 is 1.15 bits per heavy atom. The summed E-state index contributed by atoms with van der Waals surface area (Å²) in [6.07, 6.45) is 2.77. The van der Waals surface area contributed by atoms with Crippen LogP contribution in [0.2, 0.25) is 0 Å². The van der Waals surface area contributed by atoms with Gasteiger partial charge in [-0.3, -0.25) is 19.4 Å². The van der Waals surface area contributed by atoms with Gasteiger partial charge in [0.1, 0.15) is 6.04 Å². The fourth-order valence-corrected chi connectivity index (χ4v) is 3.29. The Balaban J connectivity index is 2.20. The van der Waals surface area contributed by atoms with Crippen molar-refractivity contribution in [3.63, 3.8) is 0 Å². The van der Waals surface area contributed by atoms with Crippen molar-refractivity contribution >= 4 is 34.8 Å². The molecule has 2 heterocycles. The fourth-order valence-electron chi connectivity index (χ4n) is 2.58. The van der Waals surface area contributed by atoms with Gasteiger partial charge in [-0.25, -0.2) is 0 Å². The van der Waals surface area contributed by atoms with Crippen molar-refractivity contribution in [2.45, 2.75) is 39.2 Å². The maximum Gasteiger partial charge on any atom is 0.304 e. The molecule has 7 nitrogen and oxygen atoms in total. The van der Waals surface area contributed by atoms with E-state index in [0.29, 0.717) is 11.3 Å². The highest BCUT2D eigenvalue weighted by atomic mass is 32.1. The molecule has 0 saturated heterocycles. The first kappa shape index (κ1) is 20.6. The van der Waals surface area contributed by atoms with E-state index in [1.807, 2.05) is 20.8 Å². The van der Waals surface area contributed by atoms with Crippen molar-refractivity contribution in [2.75, 3.05) is 5.32 Å². The number of carboxylic acids is 1. The van der Waals surface area contributed by atoms with Crippen LogP contribution in [0.4, 0.5) is 5.69 Å². The number of aromatic nitrogens is 1. The second-order valence-electron chi connectivity index (χ2n) is 7.24. The highest BCUT2D eigenvalue weighted by molar-refractivity contribution is 7.08. The van der Waals surface area contributed by atoms with Gasteiger partial charge in [0.25, 0.3) is 0 Å². The lowest BCUT2D eigenvalue weighted by Crippen LogP contribution is -2.52. The van der Waals surface area contributed by atoms with Crippen LogP contribution in [0.5, 0.6) is 0 Å². The van der Waals surface area contributed by atoms with Crippen LogP contribution in [0.1, 0.15) is 38.7 Å². The van der Waals surface area contributed by atoms with Crippen LogP contribution < -0.4 is 10.6 Å². The van der Waals surface area contributed by atoms with Crippen molar-refractivity contribution in [1.82, 2.24) is 10.3 Å². The number of carbonyl (C=O) groups excluding carboxylic acids is 2. The minimum Gasteiger partial charge on any atom is -0.481 e. The molecule has 0 fully saturated rings. The molecule has 2 atom stereocenters. The molecular weight excluding hydrogens is 366 g/mol. The Kier molecular flexibility index (Phi) is 6.68. The number of carboxylic acid groups (broad SMARTS) is 1. The van der Waals surface area contributed by atoms with Gasteiger partial charge in [-0.05, 0) is 39.9 Å².